The summed E-state index contributed by atoms with van der Waals surface area (Å²) in [5, 5.41) is 0. The van der Waals surface area contributed by atoms with Gasteiger partial charge in [0.25, 0.3) is 0 Å². The average molecular weight is 261 g/mol. The molecule has 1 rings (SSSR count). The number of ether oxygens (including phenoxy) is 1. The minimum Gasteiger partial charge on any atom is -0.379 e. The van der Waals surface area contributed by atoms with E-state index in [4.69, 9.17) is 4.74 Å². The van der Waals surface area contributed by atoms with E-state index in [0.717, 1.165) is 45.4 Å². The third-order valence-corrected chi connectivity index (χ3v) is 2.16. The largest absolute Gasteiger partial charge is 0.379 e. The van der Waals surface area contributed by atoms with Gasteiger partial charge in [-0.3, -0.25) is 0 Å². The molecule has 1 aliphatic rings. The van der Waals surface area contributed by atoms with Crippen molar-refractivity contribution in [3.05, 3.63) is 0 Å². The summed E-state index contributed by atoms with van der Waals surface area (Å²) >= 11 is 0. The third kappa shape index (κ3) is 24.7. The van der Waals surface area contributed by atoms with Crippen molar-refractivity contribution >= 4 is 6.29 Å². The summed E-state index contributed by atoms with van der Waals surface area (Å²) in [5.41, 5.74) is 0. The van der Waals surface area contributed by atoms with E-state index in [9.17, 15) is 4.79 Å². The maximum absolute atomic E-state index is 9.68. The zero-order valence-electron chi connectivity index (χ0n) is 13.5. The van der Waals surface area contributed by atoms with Crippen LogP contribution in [0.5, 0.6) is 0 Å². The van der Waals surface area contributed by atoms with Crippen molar-refractivity contribution in [2.24, 2.45) is 0 Å². The van der Waals surface area contributed by atoms with Gasteiger partial charge in [0.15, 0.2) is 0 Å². The van der Waals surface area contributed by atoms with Crippen LogP contribution in [-0.4, -0.2) is 44.5 Å². The van der Waals surface area contributed by atoms with Crippen LogP contribution in [0.1, 0.15) is 60.3 Å². The minimum atomic E-state index is 0.744. The summed E-state index contributed by atoms with van der Waals surface area (Å²) in [4.78, 5) is 11.9. The van der Waals surface area contributed by atoms with Crippen LogP contribution in [0.2, 0.25) is 0 Å². The van der Waals surface area contributed by atoms with Crippen molar-refractivity contribution < 1.29 is 9.53 Å². The number of carbonyl (C=O) groups is 1. The van der Waals surface area contributed by atoms with Crippen molar-refractivity contribution in [3.8, 4) is 0 Å². The summed E-state index contributed by atoms with van der Waals surface area (Å²) in [6.07, 6.45) is 5.19. The standard InChI is InChI=1S/C6H12O.C5H11NO.2C2H6/c1-2-3-4-5-6-7;1-6-2-4-7-5-3-6;2*1-2/h6H,2-5H2,1H3;2-5H2,1H3;2*1-2H3. The van der Waals surface area contributed by atoms with Crippen LogP contribution < -0.4 is 0 Å². The molecule has 18 heavy (non-hydrogen) atoms. The molecule has 0 aromatic carbocycles. The Morgan fingerprint density at radius 1 is 1.06 bits per heavy atom. The first kappa shape index (κ1) is 22.7. The molecule has 0 aliphatic carbocycles. The molecule has 0 aromatic rings. The second-order valence-corrected chi connectivity index (χ2v) is 3.58. The molecular formula is C15H35NO2. The normalized spacial score (nSPS) is 13.9. The van der Waals surface area contributed by atoms with Gasteiger partial charge >= 0.3 is 0 Å². The number of hydrogen-bond donors (Lipinski definition) is 0. The lowest BCUT2D eigenvalue weighted by Gasteiger charge is -2.21. The Labute approximate surface area is 115 Å². The number of aldehydes is 1. The molecule has 3 heteroatoms. The molecule has 112 valence electrons. The molecule has 1 heterocycles. The Morgan fingerprint density at radius 2 is 1.56 bits per heavy atom. The molecule has 1 fully saturated rings. The fourth-order valence-corrected chi connectivity index (χ4v) is 1.13. The van der Waals surface area contributed by atoms with Gasteiger partial charge in [0.05, 0.1) is 13.2 Å². The maximum Gasteiger partial charge on any atom is 0.119 e. The summed E-state index contributed by atoms with van der Waals surface area (Å²) in [5.74, 6) is 0. The van der Waals surface area contributed by atoms with Crippen LogP contribution in [0.25, 0.3) is 0 Å². The van der Waals surface area contributed by atoms with E-state index in [1.165, 1.54) is 12.8 Å². The molecule has 0 radical (unpaired) electrons. The molecule has 0 bridgehead atoms. The highest BCUT2D eigenvalue weighted by Gasteiger charge is 2.02. The third-order valence-electron chi connectivity index (χ3n) is 2.16. The Balaban J connectivity index is -0.000000196. The number of unbranched alkanes of at least 4 members (excludes halogenated alkanes) is 3. The van der Waals surface area contributed by atoms with E-state index in [1.807, 2.05) is 27.7 Å². The second-order valence-electron chi connectivity index (χ2n) is 3.58. The number of rotatable bonds is 4. The quantitative estimate of drug-likeness (QED) is 0.570. The van der Waals surface area contributed by atoms with E-state index >= 15 is 0 Å². The average Bonchev–Trinajstić information content (AvgIpc) is 2.45. The monoisotopic (exact) mass is 261 g/mol. The smallest absolute Gasteiger partial charge is 0.119 e. The van der Waals surface area contributed by atoms with Gasteiger partial charge in [0, 0.05) is 19.5 Å². The van der Waals surface area contributed by atoms with Crippen molar-refractivity contribution in [2.75, 3.05) is 33.4 Å². The van der Waals surface area contributed by atoms with Gasteiger partial charge in [-0.2, -0.15) is 0 Å². The molecule has 3 nitrogen and oxygen atoms in total. The molecule has 0 N–H and O–H groups in total. The van der Waals surface area contributed by atoms with Gasteiger partial charge in [-0.05, 0) is 13.5 Å². The summed E-state index contributed by atoms with van der Waals surface area (Å²) in [6, 6.07) is 0. The summed E-state index contributed by atoms with van der Waals surface area (Å²) in [6.45, 7) is 14.2. The highest BCUT2D eigenvalue weighted by molar-refractivity contribution is 5.48. The highest BCUT2D eigenvalue weighted by Crippen LogP contribution is 1.94. The number of morpholine rings is 1. The summed E-state index contributed by atoms with van der Waals surface area (Å²) < 4.78 is 5.10. The Morgan fingerprint density at radius 3 is 1.83 bits per heavy atom. The van der Waals surface area contributed by atoms with Gasteiger partial charge in [-0.25, -0.2) is 0 Å². The van der Waals surface area contributed by atoms with E-state index in [2.05, 4.69) is 18.9 Å². The lowest BCUT2D eigenvalue weighted by molar-refractivity contribution is -0.107. The Kier molecular flexibility index (Phi) is 32.1. The molecule has 0 aromatic heterocycles. The fraction of sp³-hybridized carbons (Fsp3) is 0.933. The first-order valence-electron chi connectivity index (χ1n) is 7.51. The van der Waals surface area contributed by atoms with Crippen molar-refractivity contribution in [3.63, 3.8) is 0 Å². The van der Waals surface area contributed by atoms with E-state index in [1.54, 1.807) is 0 Å². The van der Waals surface area contributed by atoms with Crippen molar-refractivity contribution in [1.82, 2.24) is 4.90 Å². The molecule has 0 unspecified atom stereocenters. The first-order valence-corrected chi connectivity index (χ1v) is 7.51. The van der Waals surface area contributed by atoms with Crippen LogP contribution in [0.15, 0.2) is 0 Å². The fourth-order valence-electron chi connectivity index (χ4n) is 1.13. The molecular weight excluding hydrogens is 226 g/mol. The molecule has 1 saturated heterocycles. The predicted molar refractivity (Wildman–Crippen MR) is 81.2 cm³/mol. The van der Waals surface area contributed by atoms with Crippen molar-refractivity contribution in [2.45, 2.75) is 60.3 Å². The maximum atomic E-state index is 9.68. The zero-order chi connectivity index (χ0) is 14.6. The highest BCUT2D eigenvalue weighted by atomic mass is 16.5. The lowest BCUT2D eigenvalue weighted by Crippen LogP contribution is -2.32. The predicted octanol–water partition coefficient (Wildman–Crippen LogP) is 3.77. The van der Waals surface area contributed by atoms with Gasteiger partial charge in [-0.15, -0.1) is 0 Å². The van der Waals surface area contributed by atoms with E-state index in [0.29, 0.717) is 0 Å². The van der Waals surface area contributed by atoms with Crippen LogP contribution in [0, 0.1) is 0 Å². The molecule has 0 amide bonds. The Bertz CT molecular complexity index is 124. The second kappa shape index (κ2) is 25.4. The summed E-state index contributed by atoms with van der Waals surface area (Å²) in [7, 11) is 2.11. The van der Waals surface area contributed by atoms with E-state index < -0.39 is 0 Å². The number of likely N-dealkylation sites (N-methyl/N-ethyl adjacent to an activating group) is 1. The van der Waals surface area contributed by atoms with Crippen LogP contribution in [0.3, 0.4) is 0 Å². The molecule has 1 aliphatic heterocycles. The van der Waals surface area contributed by atoms with Crippen molar-refractivity contribution in [1.29, 1.82) is 0 Å². The van der Waals surface area contributed by atoms with Gasteiger partial charge < -0.3 is 14.4 Å². The van der Waals surface area contributed by atoms with E-state index in [-0.39, 0.29) is 0 Å². The Hall–Kier alpha value is -0.410. The van der Waals surface area contributed by atoms with Crippen LogP contribution >= 0.6 is 0 Å². The van der Waals surface area contributed by atoms with Crippen LogP contribution in [-0.2, 0) is 9.53 Å². The molecule has 0 saturated carbocycles. The van der Waals surface area contributed by atoms with Gasteiger partial charge in [0.2, 0.25) is 0 Å². The van der Waals surface area contributed by atoms with Crippen LogP contribution in [0.4, 0.5) is 0 Å². The lowest BCUT2D eigenvalue weighted by atomic mass is 10.2. The number of hydrogen-bond acceptors (Lipinski definition) is 3. The molecule has 0 spiro atoms. The first-order chi connectivity index (χ1) is 8.81. The SMILES string of the molecule is CC.CC.CCCCCC=O.CN1CCOCC1. The molecule has 0 atom stereocenters. The number of carbonyl (C=O) groups excluding carboxylic acids is 1. The zero-order valence-corrected chi connectivity index (χ0v) is 13.5. The van der Waals surface area contributed by atoms with Gasteiger partial charge in [-0.1, -0.05) is 47.5 Å². The number of nitrogens with zero attached hydrogens (tertiary/aromatic N) is 1. The van der Waals surface area contributed by atoms with Gasteiger partial charge in [0.1, 0.15) is 6.29 Å². The topological polar surface area (TPSA) is 29.5 Å². The minimum absolute atomic E-state index is 0.744.